The van der Waals surface area contributed by atoms with Crippen LogP contribution in [0.4, 0.5) is 14.5 Å². The zero-order valence-corrected chi connectivity index (χ0v) is 8.07. The van der Waals surface area contributed by atoms with Gasteiger partial charge in [-0.3, -0.25) is 4.79 Å². The van der Waals surface area contributed by atoms with E-state index >= 15 is 0 Å². The summed E-state index contributed by atoms with van der Waals surface area (Å²) in [5.74, 6) is 0. The molecule has 1 aromatic heterocycles. The van der Waals surface area contributed by atoms with Crippen LogP contribution in [0.15, 0.2) is 10.9 Å². The first-order valence-electron chi connectivity index (χ1n) is 3.42. The summed E-state index contributed by atoms with van der Waals surface area (Å²) < 4.78 is 24.5. The Hall–Kier alpha value is -0.910. The number of H-pyrrole nitrogens is 1. The smallest absolute Gasteiger partial charge is 0.280 e. The highest BCUT2D eigenvalue weighted by Crippen LogP contribution is 2.24. The van der Waals surface area contributed by atoms with Gasteiger partial charge in [0.15, 0.2) is 0 Å². The van der Waals surface area contributed by atoms with Gasteiger partial charge in [0.25, 0.3) is 6.43 Å². The van der Waals surface area contributed by atoms with Crippen LogP contribution in [-0.4, -0.2) is 4.98 Å². The van der Waals surface area contributed by atoms with E-state index in [9.17, 15) is 13.6 Å². The second-order valence-electron chi connectivity index (χ2n) is 2.42. The first-order valence-corrected chi connectivity index (χ1v) is 4.54. The molecule has 0 unspecified atom stereocenters. The van der Waals surface area contributed by atoms with Crippen LogP contribution in [0, 0.1) is 0 Å². The number of anilines is 1. The van der Waals surface area contributed by atoms with E-state index in [0.29, 0.717) is 5.56 Å². The summed E-state index contributed by atoms with van der Waals surface area (Å²) in [5.41, 5.74) is 4.61. The third-order valence-corrected chi connectivity index (χ3v) is 2.17. The van der Waals surface area contributed by atoms with Crippen molar-refractivity contribution in [3.63, 3.8) is 0 Å². The third kappa shape index (κ3) is 2.06. The monoisotopic (exact) mass is 252 g/mol. The molecule has 72 valence electrons. The van der Waals surface area contributed by atoms with Crippen LogP contribution in [0.1, 0.15) is 17.7 Å². The van der Waals surface area contributed by atoms with Crippen LogP contribution in [0.2, 0.25) is 0 Å². The number of pyridine rings is 1. The highest BCUT2D eigenvalue weighted by Gasteiger charge is 2.15. The van der Waals surface area contributed by atoms with E-state index in [4.69, 9.17) is 5.73 Å². The quantitative estimate of drug-likeness (QED) is 0.789. The van der Waals surface area contributed by atoms with Crippen LogP contribution in [-0.2, 0) is 5.33 Å². The lowest BCUT2D eigenvalue weighted by Crippen LogP contribution is -2.13. The van der Waals surface area contributed by atoms with E-state index in [2.05, 4.69) is 15.9 Å². The molecule has 0 aliphatic carbocycles. The topological polar surface area (TPSA) is 58.9 Å². The molecule has 1 heterocycles. The molecule has 1 aromatic rings. The average Bonchev–Trinajstić information content (AvgIpc) is 2.08. The molecule has 3 N–H and O–H groups in total. The van der Waals surface area contributed by atoms with Gasteiger partial charge in [-0.15, -0.1) is 0 Å². The lowest BCUT2D eigenvalue weighted by molar-refractivity contribution is 0.146. The summed E-state index contributed by atoms with van der Waals surface area (Å²) in [7, 11) is 0. The molecule has 0 aromatic carbocycles. The maximum atomic E-state index is 12.3. The SMILES string of the molecule is Nc1c(CBr)cc(=O)[nH]c1C(F)F. The van der Waals surface area contributed by atoms with Crippen molar-refractivity contribution in [1.82, 2.24) is 4.98 Å². The summed E-state index contributed by atoms with van der Waals surface area (Å²) in [6.45, 7) is 0. The standard InChI is InChI=1S/C7H7BrF2N2O/c8-2-3-1-4(13)12-6(5(3)11)7(9)10/h1,7H,2,11H2,(H,12,13). The lowest BCUT2D eigenvalue weighted by atomic mass is 10.2. The van der Waals surface area contributed by atoms with Gasteiger partial charge in [-0.1, -0.05) is 15.9 Å². The van der Waals surface area contributed by atoms with Crippen LogP contribution in [0.25, 0.3) is 0 Å². The van der Waals surface area contributed by atoms with Crippen molar-refractivity contribution in [3.8, 4) is 0 Å². The number of hydrogen-bond acceptors (Lipinski definition) is 2. The third-order valence-electron chi connectivity index (χ3n) is 1.56. The van der Waals surface area contributed by atoms with Crippen molar-refractivity contribution in [1.29, 1.82) is 0 Å². The van der Waals surface area contributed by atoms with Crippen molar-refractivity contribution in [3.05, 3.63) is 27.7 Å². The molecule has 0 bridgehead atoms. The van der Waals surface area contributed by atoms with Crippen molar-refractivity contribution in [2.75, 3.05) is 5.73 Å². The fourth-order valence-electron chi connectivity index (χ4n) is 0.928. The van der Waals surface area contributed by atoms with Gasteiger partial charge in [0.05, 0.1) is 5.69 Å². The Labute approximate surface area is 81.1 Å². The Morgan fingerprint density at radius 1 is 1.62 bits per heavy atom. The molecule has 0 amide bonds. The van der Waals surface area contributed by atoms with E-state index in [1.807, 2.05) is 4.98 Å². The highest BCUT2D eigenvalue weighted by molar-refractivity contribution is 9.08. The number of rotatable bonds is 2. The molecule has 1 rings (SSSR count). The minimum atomic E-state index is -2.76. The molecule has 0 saturated carbocycles. The Bertz CT molecular complexity index is 364. The molecular formula is C7H7BrF2N2O. The van der Waals surface area contributed by atoms with Gasteiger partial charge < -0.3 is 10.7 Å². The summed E-state index contributed by atoms with van der Waals surface area (Å²) in [6, 6.07) is 1.19. The van der Waals surface area contributed by atoms with Crippen molar-refractivity contribution >= 4 is 21.6 Å². The molecule has 0 saturated heterocycles. The van der Waals surface area contributed by atoms with Crippen molar-refractivity contribution in [2.45, 2.75) is 11.8 Å². The first kappa shape index (κ1) is 10.2. The minimum Gasteiger partial charge on any atom is -0.397 e. The Kier molecular flexibility index (Phi) is 3.02. The maximum Gasteiger partial charge on any atom is 0.280 e. The Morgan fingerprint density at radius 2 is 2.23 bits per heavy atom. The molecule has 6 heteroatoms. The molecule has 0 radical (unpaired) electrons. The number of halogens is 3. The van der Waals surface area contributed by atoms with Gasteiger partial charge >= 0.3 is 0 Å². The number of hydrogen-bond donors (Lipinski definition) is 2. The highest BCUT2D eigenvalue weighted by atomic mass is 79.9. The minimum absolute atomic E-state index is 0.0634. The summed E-state index contributed by atoms with van der Waals surface area (Å²) in [4.78, 5) is 12.9. The number of nitrogens with one attached hydrogen (secondary N) is 1. The van der Waals surface area contributed by atoms with Crippen LogP contribution in [0.5, 0.6) is 0 Å². The lowest BCUT2D eigenvalue weighted by Gasteiger charge is -2.07. The number of aromatic amines is 1. The largest absolute Gasteiger partial charge is 0.397 e. The molecule has 0 atom stereocenters. The maximum absolute atomic E-state index is 12.3. The van der Waals surface area contributed by atoms with E-state index in [1.54, 1.807) is 0 Å². The van der Waals surface area contributed by atoms with E-state index in [0.717, 1.165) is 0 Å². The number of nitrogens with two attached hydrogens (primary N) is 1. The molecule has 0 aliphatic heterocycles. The van der Waals surface area contributed by atoms with Crippen molar-refractivity contribution < 1.29 is 8.78 Å². The van der Waals surface area contributed by atoms with Gasteiger partial charge in [0, 0.05) is 11.4 Å². The van der Waals surface area contributed by atoms with Crippen LogP contribution in [0.3, 0.4) is 0 Å². The summed E-state index contributed by atoms with van der Waals surface area (Å²) in [6.07, 6.45) is -2.76. The molecule has 0 aliphatic rings. The first-order chi connectivity index (χ1) is 6.06. The second kappa shape index (κ2) is 3.87. The number of nitrogen functional groups attached to an aromatic ring is 1. The predicted molar refractivity (Wildman–Crippen MR) is 49.1 cm³/mol. The average molecular weight is 253 g/mol. The normalized spacial score (nSPS) is 10.8. The number of alkyl halides is 3. The van der Waals surface area contributed by atoms with Gasteiger partial charge in [0.1, 0.15) is 5.69 Å². The summed E-state index contributed by atoms with van der Waals surface area (Å²) in [5, 5.41) is 0.280. The molecular weight excluding hydrogens is 246 g/mol. The van der Waals surface area contributed by atoms with E-state index in [-0.39, 0.29) is 11.0 Å². The van der Waals surface area contributed by atoms with Crippen molar-refractivity contribution in [2.24, 2.45) is 0 Å². The van der Waals surface area contributed by atoms with E-state index in [1.165, 1.54) is 6.07 Å². The van der Waals surface area contributed by atoms with Gasteiger partial charge in [-0.05, 0) is 5.56 Å². The van der Waals surface area contributed by atoms with Crippen LogP contribution < -0.4 is 11.3 Å². The van der Waals surface area contributed by atoms with E-state index < -0.39 is 17.7 Å². The fourth-order valence-corrected chi connectivity index (χ4v) is 1.39. The van der Waals surface area contributed by atoms with Gasteiger partial charge in [-0.2, -0.15) is 0 Å². The predicted octanol–water partition coefficient (Wildman–Crippen LogP) is 1.79. The Balaban J connectivity index is 3.36. The van der Waals surface area contributed by atoms with Crippen LogP contribution >= 0.6 is 15.9 Å². The zero-order valence-electron chi connectivity index (χ0n) is 6.48. The molecule has 0 fully saturated rings. The van der Waals surface area contributed by atoms with Gasteiger partial charge in [0.2, 0.25) is 5.56 Å². The molecule has 13 heavy (non-hydrogen) atoms. The second-order valence-corrected chi connectivity index (χ2v) is 2.98. The molecule has 0 spiro atoms. The molecule has 3 nitrogen and oxygen atoms in total. The summed E-state index contributed by atoms with van der Waals surface area (Å²) >= 11 is 3.05. The van der Waals surface area contributed by atoms with Gasteiger partial charge in [-0.25, -0.2) is 8.78 Å². The Morgan fingerprint density at radius 3 is 2.69 bits per heavy atom. The number of aromatic nitrogens is 1. The fraction of sp³-hybridized carbons (Fsp3) is 0.286. The zero-order chi connectivity index (χ0) is 10.0.